The van der Waals surface area contributed by atoms with Gasteiger partial charge in [0.1, 0.15) is 12.4 Å². The number of benzene rings is 1. The van der Waals surface area contributed by atoms with E-state index in [2.05, 4.69) is 15.6 Å². The van der Waals surface area contributed by atoms with Gasteiger partial charge in [0.25, 0.3) is 5.91 Å². The number of carbonyl (C=O) groups is 1. The van der Waals surface area contributed by atoms with E-state index in [1.54, 1.807) is 24.5 Å². The second kappa shape index (κ2) is 12.6. The lowest BCUT2D eigenvalue weighted by atomic mass is 10.2. The Morgan fingerprint density at radius 3 is 2.71 bits per heavy atom. The van der Waals surface area contributed by atoms with E-state index in [0.29, 0.717) is 24.5 Å². The van der Waals surface area contributed by atoms with Crippen LogP contribution in [-0.4, -0.2) is 30.5 Å². The molecule has 2 rings (SSSR count). The van der Waals surface area contributed by atoms with Gasteiger partial charge in [-0.1, -0.05) is 19.1 Å². The molecule has 0 bridgehead atoms. The van der Waals surface area contributed by atoms with Gasteiger partial charge in [0.15, 0.2) is 0 Å². The SMILES string of the molecule is CCNCCNC(=O)c1cccc(OCc2cccnc2)c1.Cl.Cl. The number of carbonyl (C=O) groups excluding carboxylic acids is 1. The number of ether oxygens (including phenoxy) is 1. The Bertz CT molecular complexity index is 597. The summed E-state index contributed by atoms with van der Waals surface area (Å²) in [4.78, 5) is 16.1. The molecule has 0 saturated heterocycles. The van der Waals surface area contributed by atoms with Gasteiger partial charge in [-0.2, -0.15) is 0 Å². The standard InChI is InChI=1S/C17H21N3O2.2ClH/c1-2-18-9-10-20-17(21)15-6-3-7-16(11-15)22-13-14-5-4-8-19-12-14;;/h3-8,11-12,18H,2,9-10,13H2,1H3,(H,20,21);2*1H. The topological polar surface area (TPSA) is 63.2 Å². The first-order valence-corrected chi connectivity index (χ1v) is 7.40. The molecule has 1 aromatic carbocycles. The molecule has 5 nitrogen and oxygen atoms in total. The monoisotopic (exact) mass is 371 g/mol. The van der Waals surface area contributed by atoms with E-state index in [9.17, 15) is 4.79 Å². The minimum Gasteiger partial charge on any atom is -0.489 e. The van der Waals surface area contributed by atoms with E-state index in [1.165, 1.54) is 0 Å². The average Bonchev–Trinajstić information content (AvgIpc) is 2.58. The molecule has 132 valence electrons. The molecular weight excluding hydrogens is 349 g/mol. The first-order valence-electron chi connectivity index (χ1n) is 7.40. The van der Waals surface area contributed by atoms with E-state index in [1.807, 2.05) is 31.2 Å². The number of rotatable bonds is 8. The minimum atomic E-state index is -0.0928. The number of hydrogen-bond donors (Lipinski definition) is 2. The van der Waals surface area contributed by atoms with Crippen LogP contribution in [0.4, 0.5) is 0 Å². The number of aromatic nitrogens is 1. The normalized spacial score (nSPS) is 9.38. The Labute approximate surface area is 155 Å². The van der Waals surface area contributed by atoms with Crippen LogP contribution >= 0.6 is 24.8 Å². The molecule has 1 aromatic heterocycles. The van der Waals surface area contributed by atoms with Crippen molar-refractivity contribution in [1.29, 1.82) is 0 Å². The third-order valence-electron chi connectivity index (χ3n) is 3.06. The third-order valence-corrected chi connectivity index (χ3v) is 3.06. The van der Waals surface area contributed by atoms with Crippen molar-refractivity contribution in [3.63, 3.8) is 0 Å². The molecule has 0 fully saturated rings. The van der Waals surface area contributed by atoms with E-state index in [4.69, 9.17) is 4.74 Å². The van der Waals surface area contributed by atoms with Crippen LogP contribution < -0.4 is 15.4 Å². The molecule has 0 aliphatic heterocycles. The molecule has 0 spiro atoms. The predicted molar refractivity (Wildman–Crippen MR) is 100 cm³/mol. The number of nitrogens with one attached hydrogen (secondary N) is 2. The zero-order valence-electron chi connectivity index (χ0n) is 13.5. The van der Waals surface area contributed by atoms with Gasteiger partial charge >= 0.3 is 0 Å². The summed E-state index contributed by atoms with van der Waals surface area (Å²) in [6.07, 6.45) is 3.49. The second-order valence-corrected chi connectivity index (χ2v) is 4.79. The Balaban J connectivity index is 0.00000264. The molecule has 0 aliphatic carbocycles. The van der Waals surface area contributed by atoms with E-state index >= 15 is 0 Å². The third kappa shape index (κ3) is 7.64. The lowest BCUT2D eigenvalue weighted by molar-refractivity contribution is 0.0953. The summed E-state index contributed by atoms with van der Waals surface area (Å²) < 4.78 is 5.69. The van der Waals surface area contributed by atoms with Crippen LogP contribution in [-0.2, 0) is 6.61 Å². The summed E-state index contributed by atoms with van der Waals surface area (Å²) in [7, 11) is 0. The molecule has 1 heterocycles. The summed E-state index contributed by atoms with van der Waals surface area (Å²) in [6.45, 7) is 4.73. The maximum absolute atomic E-state index is 12.0. The Morgan fingerprint density at radius 2 is 2.00 bits per heavy atom. The smallest absolute Gasteiger partial charge is 0.251 e. The largest absolute Gasteiger partial charge is 0.489 e. The van der Waals surface area contributed by atoms with Crippen molar-refractivity contribution in [2.75, 3.05) is 19.6 Å². The quantitative estimate of drug-likeness (QED) is 0.700. The summed E-state index contributed by atoms with van der Waals surface area (Å²) in [5, 5.41) is 6.03. The van der Waals surface area contributed by atoms with Gasteiger partial charge in [-0.15, -0.1) is 24.8 Å². The second-order valence-electron chi connectivity index (χ2n) is 4.79. The Hall–Kier alpha value is -1.82. The van der Waals surface area contributed by atoms with Crippen molar-refractivity contribution >= 4 is 30.7 Å². The van der Waals surface area contributed by atoms with E-state index in [-0.39, 0.29) is 30.7 Å². The van der Waals surface area contributed by atoms with Crippen LogP contribution in [0.25, 0.3) is 0 Å². The number of likely N-dealkylation sites (N-methyl/N-ethyl adjacent to an activating group) is 1. The molecule has 2 aromatic rings. The zero-order chi connectivity index (χ0) is 15.6. The fourth-order valence-corrected chi connectivity index (χ4v) is 1.92. The maximum Gasteiger partial charge on any atom is 0.251 e. The zero-order valence-corrected chi connectivity index (χ0v) is 15.2. The molecule has 0 radical (unpaired) electrons. The average molecular weight is 372 g/mol. The highest BCUT2D eigenvalue weighted by Gasteiger charge is 2.06. The fourth-order valence-electron chi connectivity index (χ4n) is 1.92. The number of nitrogens with zero attached hydrogens (tertiary/aromatic N) is 1. The van der Waals surface area contributed by atoms with Crippen LogP contribution in [0.15, 0.2) is 48.8 Å². The van der Waals surface area contributed by atoms with Crippen molar-refractivity contribution in [3.05, 3.63) is 59.9 Å². The van der Waals surface area contributed by atoms with Gasteiger partial charge in [0.05, 0.1) is 0 Å². The lowest BCUT2D eigenvalue weighted by Crippen LogP contribution is -2.31. The first kappa shape index (κ1) is 22.2. The Kier molecular flexibility index (Phi) is 11.6. The first-order chi connectivity index (χ1) is 10.8. The van der Waals surface area contributed by atoms with Gasteiger partial charge in [-0.25, -0.2) is 0 Å². The van der Waals surface area contributed by atoms with Gasteiger partial charge in [0.2, 0.25) is 0 Å². The molecular formula is C17H23Cl2N3O2. The highest BCUT2D eigenvalue weighted by Crippen LogP contribution is 2.15. The number of amides is 1. The minimum absolute atomic E-state index is 0. The highest BCUT2D eigenvalue weighted by atomic mass is 35.5. The summed E-state index contributed by atoms with van der Waals surface area (Å²) in [6, 6.07) is 11.0. The van der Waals surface area contributed by atoms with Crippen molar-refractivity contribution in [2.24, 2.45) is 0 Å². The molecule has 0 atom stereocenters. The number of pyridine rings is 1. The summed E-state index contributed by atoms with van der Waals surface area (Å²) in [5.74, 6) is 0.577. The van der Waals surface area contributed by atoms with Gasteiger partial charge in [0, 0.05) is 36.6 Å². The van der Waals surface area contributed by atoms with Gasteiger partial charge in [-0.3, -0.25) is 9.78 Å². The molecule has 1 amide bonds. The summed E-state index contributed by atoms with van der Waals surface area (Å²) >= 11 is 0. The van der Waals surface area contributed by atoms with Gasteiger partial charge < -0.3 is 15.4 Å². The fraction of sp³-hybridized carbons (Fsp3) is 0.294. The van der Waals surface area contributed by atoms with Crippen molar-refractivity contribution in [2.45, 2.75) is 13.5 Å². The van der Waals surface area contributed by atoms with Crippen LogP contribution in [0.2, 0.25) is 0 Å². The number of halogens is 2. The van der Waals surface area contributed by atoms with Crippen molar-refractivity contribution in [3.8, 4) is 5.75 Å². The molecule has 0 saturated carbocycles. The van der Waals surface area contributed by atoms with Gasteiger partial charge in [-0.05, 0) is 30.8 Å². The van der Waals surface area contributed by atoms with Crippen LogP contribution in [0.3, 0.4) is 0 Å². The van der Waals surface area contributed by atoms with Crippen LogP contribution in [0.1, 0.15) is 22.8 Å². The van der Waals surface area contributed by atoms with Crippen LogP contribution in [0.5, 0.6) is 5.75 Å². The Morgan fingerprint density at radius 1 is 1.17 bits per heavy atom. The molecule has 24 heavy (non-hydrogen) atoms. The molecule has 0 unspecified atom stereocenters. The summed E-state index contributed by atoms with van der Waals surface area (Å²) in [5.41, 5.74) is 1.59. The van der Waals surface area contributed by atoms with Crippen LogP contribution in [0, 0.1) is 0 Å². The molecule has 2 N–H and O–H groups in total. The van der Waals surface area contributed by atoms with Crippen molar-refractivity contribution < 1.29 is 9.53 Å². The van der Waals surface area contributed by atoms with Crippen molar-refractivity contribution in [1.82, 2.24) is 15.6 Å². The maximum atomic E-state index is 12.0. The molecule has 0 aliphatic rings. The van der Waals surface area contributed by atoms with E-state index in [0.717, 1.165) is 18.7 Å². The highest BCUT2D eigenvalue weighted by molar-refractivity contribution is 5.94. The van der Waals surface area contributed by atoms with E-state index < -0.39 is 0 Å². The predicted octanol–water partition coefficient (Wildman–Crippen LogP) is 2.84. The number of hydrogen-bond acceptors (Lipinski definition) is 4. The lowest BCUT2D eigenvalue weighted by Gasteiger charge is -2.09. The molecule has 7 heteroatoms.